The monoisotopic (exact) mass is 282 g/mol. The van der Waals surface area contributed by atoms with E-state index in [1.54, 1.807) is 17.0 Å². The second-order valence-electron chi connectivity index (χ2n) is 5.28. The molecular formula is C13H19ClN4O. The van der Waals surface area contributed by atoms with Gasteiger partial charge in [0.1, 0.15) is 11.5 Å². The number of hydrogen-bond acceptors (Lipinski definition) is 4. The van der Waals surface area contributed by atoms with Crippen molar-refractivity contribution in [3.63, 3.8) is 0 Å². The van der Waals surface area contributed by atoms with E-state index in [2.05, 4.69) is 16.8 Å². The van der Waals surface area contributed by atoms with Gasteiger partial charge in [0.15, 0.2) is 0 Å². The molecule has 0 aromatic carbocycles. The van der Waals surface area contributed by atoms with Gasteiger partial charge < -0.3 is 15.5 Å². The van der Waals surface area contributed by atoms with Crippen molar-refractivity contribution in [3.05, 3.63) is 22.8 Å². The third-order valence-electron chi connectivity index (χ3n) is 3.59. The Balaban J connectivity index is 2.19. The molecule has 2 N–H and O–H groups in total. The number of carbonyl (C=O) groups excluding carboxylic acids is 1. The first-order valence-corrected chi connectivity index (χ1v) is 6.65. The maximum Gasteiger partial charge on any atom is 0.274 e. The Bertz CT molecular complexity index is 492. The van der Waals surface area contributed by atoms with Crippen molar-refractivity contribution in [2.45, 2.75) is 13.0 Å². The minimum absolute atomic E-state index is 0.145. The Morgan fingerprint density at radius 2 is 2.16 bits per heavy atom. The van der Waals surface area contributed by atoms with Gasteiger partial charge in [-0.2, -0.15) is 0 Å². The van der Waals surface area contributed by atoms with Crippen molar-refractivity contribution < 1.29 is 4.79 Å². The van der Waals surface area contributed by atoms with Gasteiger partial charge in [-0.25, -0.2) is 4.98 Å². The van der Waals surface area contributed by atoms with E-state index in [0.717, 1.165) is 0 Å². The first kappa shape index (κ1) is 14.1. The molecule has 1 aromatic heterocycles. The predicted octanol–water partition coefficient (Wildman–Crippen LogP) is 1.34. The standard InChI is InChI=1S/C13H19ClN4O/c1-8-6-18(7-10(8)17(2)3)13(19)12-9(14)4-5-11(15)16-12/h4-5,8,10H,6-7H2,1-3H3,(H2,15,16). The van der Waals surface area contributed by atoms with E-state index in [1.165, 1.54) is 0 Å². The highest BCUT2D eigenvalue weighted by Crippen LogP contribution is 2.24. The van der Waals surface area contributed by atoms with Crippen LogP contribution in [0, 0.1) is 5.92 Å². The van der Waals surface area contributed by atoms with Crippen LogP contribution in [-0.2, 0) is 0 Å². The number of likely N-dealkylation sites (N-methyl/N-ethyl adjacent to an activating group) is 1. The average Bonchev–Trinajstić information content (AvgIpc) is 2.74. The SMILES string of the molecule is CC1CN(C(=O)c2nc(N)ccc2Cl)CC1N(C)C. The Morgan fingerprint density at radius 1 is 1.47 bits per heavy atom. The van der Waals surface area contributed by atoms with Crippen molar-refractivity contribution in [1.82, 2.24) is 14.8 Å². The van der Waals surface area contributed by atoms with Gasteiger partial charge in [0.2, 0.25) is 0 Å². The second-order valence-corrected chi connectivity index (χ2v) is 5.69. The molecule has 2 unspecified atom stereocenters. The number of nitrogens with two attached hydrogens (primary N) is 1. The number of aromatic nitrogens is 1. The Morgan fingerprint density at radius 3 is 2.74 bits per heavy atom. The van der Waals surface area contributed by atoms with E-state index < -0.39 is 0 Å². The van der Waals surface area contributed by atoms with E-state index in [0.29, 0.717) is 35.9 Å². The van der Waals surface area contributed by atoms with Crippen molar-refractivity contribution in [2.75, 3.05) is 32.9 Å². The van der Waals surface area contributed by atoms with Crippen LogP contribution >= 0.6 is 11.6 Å². The number of pyridine rings is 1. The van der Waals surface area contributed by atoms with Gasteiger partial charge in [-0.1, -0.05) is 18.5 Å². The third-order valence-corrected chi connectivity index (χ3v) is 3.90. The largest absolute Gasteiger partial charge is 0.384 e. The molecule has 0 aliphatic carbocycles. The van der Waals surface area contributed by atoms with E-state index >= 15 is 0 Å². The fraction of sp³-hybridized carbons (Fsp3) is 0.538. The van der Waals surface area contributed by atoms with E-state index in [1.807, 2.05) is 14.1 Å². The smallest absolute Gasteiger partial charge is 0.274 e. The van der Waals surface area contributed by atoms with Crippen LogP contribution in [0.1, 0.15) is 17.4 Å². The van der Waals surface area contributed by atoms with Crippen LogP contribution in [-0.4, -0.2) is 53.9 Å². The van der Waals surface area contributed by atoms with Gasteiger partial charge in [-0.05, 0) is 32.1 Å². The number of rotatable bonds is 2. The highest BCUT2D eigenvalue weighted by Gasteiger charge is 2.35. The lowest BCUT2D eigenvalue weighted by molar-refractivity contribution is 0.0776. The number of carbonyl (C=O) groups is 1. The molecule has 1 aliphatic rings. The number of hydrogen-bond donors (Lipinski definition) is 1. The van der Waals surface area contributed by atoms with Crippen LogP contribution in [0.2, 0.25) is 5.02 Å². The first-order valence-electron chi connectivity index (χ1n) is 6.28. The quantitative estimate of drug-likeness (QED) is 0.889. The first-order chi connectivity index (χ1) is 8.90. The van der Waals surface area contributed by atoms with Gasteiger partial charge in [0.25, 0.3) is 5.91 Å². The average molecular weight is 283 g/mol. The number of nitrogens with zero attached hydrogens (tertiary/aromatic N) is 3. The maximum atomic E-state index is 12.4. The number of likely N-dealkylation sites (tertiary alicyclic amines) is 1. The Hall–Kier alpha value is -1.33. The maximum absolute atomic E-state index is 12.4. The number of amides is 1. The summed E-state index contributed by atoms with van der Waals surface area (Å²) < 4.78 is 0. The summed E-state index contributed by atoms with van der Waals surface area (Å²) in [6, 6.07) is 3.57. The van der Waals surface area contributed by atoms with Crippen LogP contribution in [0.3, 0.4) is 0 Å². The van der Waals surface area contributed by atoms with E-state index in [-0.39, 0.29) is 11.6 Å². The van der Waals surface area contributed by atoms with Gasteiger partial charge in [0.05, 0.1) is 5.02 Å². The van der Waals surface area contributed by atoms with Crippen molar-refractivity contribution in [1.29, 1.82) is 0 Å². The van der Waals surface area contributed by atoms with Crippen molar-refractivity contribution in [2.24, 2.45) is 5.92 Å². The van der Waals surface area contributed by atoms with Gasteiger partial charge >= 0.3 is 0 Å². The van der Waals surface area contributed by atoms with Crippen LogP contribution in [0.25, 0.3) is 0 Å². The molecule has 0 spiro atoms. The van der Waals surface area contributed by atoms with Crippen molar-refractivity contribution in [3.8, 4) is 0 Å². The van der Waals surface area contributed by atoms with Gasteiger partial charge in [-0.15, -0.1) is 0 Å². The Labute approximate surface area is 118 Å². The molecule has 6 heteroatoms. The summed E-state index contributed by atoms with van der Waals surface area (Å²) in [7, 11) is 4.06. The lowest BCUT2D eigenvalue weighted by Crippen LogP contribution is -2.36. The molecule has 1 aromatic rings. The lowest BCUT2D eigenvalue weighted by atomic mass is 10.1. The van der Waals surface area contributed by atoms with Crippen LogP contribution in [0.4, 0.5) is 5.82 Å². The molecule has 1 aliphatic heterocycles. The van der Waals surface area contributed by atoms with Crippen molar-refractivity contribution >= 4 is 23.3 Å². The number of nitrogen functional groups attached to an aromatic ring is 1. The molecule has 0 bridgehead atoms. The number of anilines is 1. The third kappa shape index (κ3) is 2.82. The van der Waals surface area contributed by atoms with Crippen LogP contribution < -0.4 is 5.73 Å². The molecule has 1 saturated heterocycles. The number of halogens is 1. The van der Waals surface area contributed by atoms with Gasteiger partial charge in [0, 0.05) is 19.1 Å². The zero-order chi connectivity index (χ0) is 14.2. The summed E-state index contributed by atoms with van der Waals surface area (Å²) in [6.45, 7) is 3.56. The van der Waals surface area contributed by atoms with Crippen LogP contribution in [0.15, 0.2) is 12.1 Å². The summed E-state index contributed by atoms with van der Waals surface area (Å²) in [6.07, 6.45) is 0. The summed E-state index contributed by atoms with van der Waals surface area (Å²) in [5, 5.41) is 0.347. The highest BCUT2D eigenvalue weighted by atomic mass is 35.5. The zero-order valence-electron chi connectivity index (χ0n) is 11.4. The molecular weight excluding hydrogens is 264 g/mol. The molecule has 5 nitrogen and oxygen atoms in total. The molecule has 1 fully saturated rings. The summed E-state index contributed by atoms with van der Waals surface area (Å²) in [5.74, 6) is 0.594. The summed E-state index contributed by atoms with van der Waals surface area (Å²) >= 11 is 6.03. The topological polar surface area (TPSA) is 62.5 Å². The fourth-order valence-electron chi connectivity index (χ4n) is 2.54. The highest BCUT2D eigenvalue weighted by molar-refractivity contribution is 6.33. The minimum Gasteiger partial charge on any atom is -0.384 e. The molecule has 2 atom stereocenters. The summed E-state index contributed by atoms with van der Waals surface area (Å²) in [5.41, 5.74) is 5.86. The zero-order valence-corrected chi connectivity index (χ0v) is 12.2. The fourth-order valence-corrected chi connectivity index (χ4v) is 2.73. The molecule has 19 heavy (non-hydrogen) atoms. The Kier molecular flexibility index (Phi) is 3.96. The van der Waals surface area contributed by atoms with E-state index in [9.17, 15) is 4.79 Å². The molecule has 0 radical (unpaired) electrons. The lowest BCUT2D eigenvalue weighted by Gasteiger charge is -2.22. The van der Waals surface area contributed by atoms with E-state index in [4.69, 9.17) is 17.3 Å². The molecule has 104 valence electrons. The van der Waals surface area contributed by atoms with Crippen LogP contribution in [0.5, 0.6) is 0 Å². The van der Waals surface area contributed by atoms with Gasteiger partial charge in [-0.3, -0.25) is 4.79 Å². The molecule has 2 rings (SSSR count). The molecule has 2 heterocycles. The second kappa shape index (κ2) is 5.35. The molecule has 0 saturated carbocycles. The normalized spacial score (nSPS) is 23.1. The predicted molar refractivity (Wildman–Crippen MR) is 76.2 cm³/mol. The molecule has 1 amide bonds. The summed E-state index contributed by atoms with van der Waals surface area (Å²) in [4.78, 5) is 20.4. The minimum atomic E-state index is -0.145.